The van der Waals surface area contributed by atoms with Crippen LogP contribution < -0.4 is 11.5 Å². The molecular weight excluding hydrogens is 244 g/mol. The van der Waals surface area contributed by atoms with Gasteiger partial charge in [-0.3, -0.25) is 4.57 Å². The zero-order chi connectivity index (χ0) is 13.4. The van der Waals surface area contributed by atoms with Gasteiger partial charge in [-0.2, -0.15) is 0 Å². The maximum absolute atomic E-state index is 11.4. The van der Waals surface area contributed by atoms with Gasteiger partial charge in [0.05, 0.1) is 16.9 Å². The minimum absolute atomic E-state index is 0.359. The summed E-state index contributed by atoms with van der Waals surface area (Å²) in [5.41, 5.74) is 9.23. The first kappa shape index (κ1) is 11.6. The summed E-state index contributed by atoms with van der Waals surface area (Å²) in [5.74, 6) is -0.377. The number of nitrogens with zero attached hydrogens (tertiary/aromatic N) is 3. The van der Waals surface area contributed by atoms with E-state index in [-0.39, 0.29) is 5.76 Å². The summed E-state index contributed by atoms with van der Waals surface area (Å²) in [6.07, 6.45) is 1.48. The maximum atomic E-state index is 11.4. The van der Waals surface area contributed by atoms with Crippen LogP contribution in [0.3, 0.4) is 0 Å². The van der Waals surface area contributed by atoms with Crippen LogP contribution in [0.2, 0.25) is 0 Å². The van der Waals surface area contributed by atoms with Crippen molar-refractivity contribution >= 4 is 11.1 Å². The third-order valence-electron chi connectivity index (χ3n) is 3.02. The normalized spacial score (nSPS) is 11.1. The summed E-state index contributed by atoms with van der Waals surface area (Å²) in [5, 5.41) is 0. The highest BCUT2D eigenvalue weighted by atomic mass is 16.4. The molecule has 0 unspecified atom stereocenters. The molecule has 2 heterocycles. The van der Waals surface area contributed by atoms with Crippen LogP contribution in [0.4, 0.5) is 0 Å². The molecule has 6 heteroatoms. The van der Waals surface area contributed by atoms with E-state index in [2.05, 4.69) is 9.97 Å². The molecule has 0 amide bonds. The number of benzene rings is 1. The molecule has 0 radical (unpaired) electrons. The topological polar surface area (TPSA) is 86.9 Å². The lowest BCUT2D eigenvalue weighted by Crippen LogP contribution is -2.08. The zero-order valence-electron chi connectivity index (χ0n) is 10.3. The van der Waals surface area contributed by atoms with Gasteiger partial charge in [-0.15, -0.1) is 0 Å². The number of nitrogens with two attached hydrogens (primary N) is 1. The van der Waals surface area contributed by atoms with Crippen LogP contribution in [0, 0.1) is 0 Å². The van der Waals surface area contributed by atoms with E-state index >= 15 is 0 Å². The number of aromatic nitrogens is 3. The Bertz CT molecular complexity index is 804. The van der Waals surface area contributed by atoms with Crippen molar-refractivity contribution in [3.05, 3.63) is 46.8 Å². The van der Waals surface area contributed by atoms with E-state index < -0.39 is 0 Å². The number of hydrogen-bond donors (Lipinski definition) is 1. The van der Waals surface area contributed by atoms with Crippen LogP contribution in [0.5, 0.6) is 0 Å². The van der Waals surface area contributed by atoms with E-state index in [1.54, 1.807) is 13.1 Å². The average molecular weight is 256 g/mol. The highest BCUT2D eigenvalue weighted by Crippen LogP contribution is 2.22. The summed E-state index contributed by atoms with van der Waals surface area (Å²) in [6, 6.07) is 7.33. The Kier molecular flexibility index (Phi) is 2.64. The van der Waals surface area contributed by atoms with Gasteiger partial charge in [-0.1, -0.05) is 6.07 Å². The molecule has 0 aliphatic heterocycles. The monoisotopic (exact) mass is 256 g/mol. The number of hydrogen-bond acceptors (Lipinski definition) is 5. The molecule has 0 saturated heterocycles. The third kappa shape index (κ3) is 1.92. The standard InChI is InChI=1S/C13H12N4O2/c1-17-11-3-2-8(4-12(11)19-13(17)18)10-5-9(6-14)15-7-16-10/h2-5,7H,6,14H2,1H3. The molecule has 3 aromatic rings. The second kappa shape index (κ2) is 4.33. The molecular formula is C13H12N4O2. The van der Waals surface area contributed by atoms with Crippen LogP contribution in [0.15, 0.2) is 39.8 Å². The molecule has 0 aliphatic carbocycles. The third-order valence-corrected chi connectivity index (χ3v) is 3.02. The fourth-order valence-corrected chi connectivity index (χ4v) is 1.96. The number of rotatable bonds is 2. The predicted molar refractivity (Wildman–Crippen MR) is 70.4 cm³/mol. The molecule has 2 aromatic heterocycles. The van der Waals surface area contributed by atoms with Crippen LogP contribution in [-0.4, -0.2) is 14.5 Å². The van der Waals surface area contributed by atoms with Crippen molar-refractivity contribution < 1.29 is 4.42 Å². The molecule has 0 atom stereocenters. The average Bonchev–Trinajstić information content (AvgIpc) is 2.73. The molecule has 0 spiro atoms. The first-order valence-electron chi connectivity index (χ1n) is 5.80. The molecule has 0 saturated carbocycles. The van der Waals surface area contributed by atoms with Crippen molar-refractivity contribution in [3.8, 4) is 11.3 Å². The molecule has 3 rings (SSSR count). The first-order chi connectivity index (χ1) is 9.19. The summed E-state index contributed by atoms with van der Waals surface area (Å²) < 4.78 is 6.62. The highest BCUT2D eigenvalue weighted by molar-refractivity contribution is 5.79. The van der Waals surface area contributed by atoms with Gasteiger partial charge in [-0.25, -0.2) is 14.8 Å². The predicted octanol–water partition coefficient (Wildman–Crippen LogP) is 1.05. The van der Waals surface area contributed by atoms with Gasteiger partial charge in [0.15, 0.2) is 5.58 Å². The molecule has 0 fully saturated rings. The molecule has 2 N–H and O–H groups in total. The molecule has 96 valence electrons. The largest absolute Gasteiger partial charge is 0.419 e. The number of oxazole rings is 1. The van der Waals surface area contributed by atoms with Crippen molar-refractivity contribution in [1.29, 1.82) is 0 Å². The van der Waals surface area contributed by atoms with Gasteiger partial charge in [0.2, 0.25) is 0 Å². The van der Waals surface area contributed by atoms with Crippen molar-refractivity contribution in [3.63, 3.8) is 0 Å². The van der Waals surface area contributed by atoms with Crippen molar-refractivity contribution in [2.75, 3.05) is 0 Å². The molecule has 1 aromatic carbocycles. The van der Waals surface area contributed by atoms with Gasteiger partial charge in [-0.05, 0) is 18.2 Å². The fourth-order valence-electron chi connectivity index (χ4n) is 1.96. The molecule has 6 nitrogen and oxygen atoms in total. The van der Waals surface area contributed by atoms with Gasteiger partial charge < -0.3 is 10.2 Å². The number of aryl methyl sites for hydroxylation is 1. The lowest BCUT2D eigenvalue weighted by molar-refractivity contribution is 0.528. The van der Waals surface area contributed by atoms with E-state index in [1.807, 2.05) is 18.2 Å². The molecule has 19 heavy (non-hydrogen) atoms. The summed E-state index contributed by atoms with van der Waals surface area (Å²) in [6.45, 7) is 0.359. The maximum Gasteiger partial charge on any atom is 0.419 e. The Labute approximate surface area is 108 Å². The quantitative estimate of drug-likeness (QED) is 0.740. The summed E-state index contributed by atoms with van der Waals surface area (Å²) in [4.78, 5) is 19.7. The van der Waals surface area contributed by atoms with Gasteiger partial charge in [0.1, 0.15) is 6.33 Å². The van der Waals surface area contributed by atoms with Crippen LogP contribution in [0.1, 0.15) is 5.69 Å². The van der Waals surface area contributed by atoms with E-state index in [9.17, 15) is 4.79 Å². The van der Waals surface area contributed by atoms with Crippen molar-refractivity contribution in [2.24, 2.45) is 12.8 Å². The van der Waals surface area contributed by atoms with E-state index in [4.69, 9.17) is 10.2 Å². The van der Waals surface area contributed by atoms with E-state index in [0.717, 1.165) is 22.5 Å². The fraction of sp³-hybridized carbons (Fsp3) is 0.154. The summed E-state index contributed by atoms with van der Waals surface area (Å²) >= 11 is 0. The second-order valence-corrected chi connectivity index (χ2v) is 4.21. The lowest BCUT2D eigenvalue weighted by atomic mass is 10.1. The minimum Gasteiger partial charge on any atom is -0.408 e. The van der Waals surface area contributed by atoms with Gasteiger partial charge >= 0.3 is 5.76 Å². The Hall–Kier alpha value is -2.47. The molecule has 0 aliphatic rings. The minimum atomic E-state index is -0.377. The Balaban J connectivity index is 2.17. The van der Waals surface area contributed by atoms with Gasteiger partial charge in [0.25, 0.3) is 0 Å². The van der Waals surface area contributed by atoms with Crippen LogP contribution >= 0.6 is 0 Å². The van der Waals surface area contributed by atoms with Crippen LogP contribution in [0.25, 0.3) is 22.4 Å². The van der Waals surface area contributed by atoms with Crippen molar-refractivity contribution in [2.45, 2.75) is 6.54 Å². The van der Waals surface area contributed by atoms with Gasteiger partial charge in [0, 0.05) is 19.2 Å². The Morgan fingerprint density at radius 3 is 2.95 bits per heavy atom. The molecule has 0 bridgehead atoms. The summed E-state index contributed by atoms with van der Waals surface area (Å²) in [7, 11) is 1.67. The SMILES string of the molecule is Cn1c(=O)oc2cc(-c3cc(CN)ncn3)ccc21. The van der Waals surface area contributed by atoms with E-state index in [0.29, 0.717) is 12.1 Å². The van der Waals surface area contributed by atoms with Crippen molar-refractivity contribution in [1.82, 2.24) is 14.5 Å². The Morgan fingerprint density at radius 2 is 2.16 bits per heavy atom. The van der Waals surface area contributed by atoms with Crippen LogP contribution in [-0.2, 0) is 13.6 Å². The highest BCUT2D eigenvalue weighted by Gasteiger charge is 2.08. The Morgan fingerprint density at radius 1 is 1.32 bits per heavy atom. The smallest absolute Gasteiger partial charge is 0.408 e. The first-order valence-corrected chi connectivity index (χ1v) is 5.80. The van der Waals surface area contributed by atoms with E-state index in [1.165, 1.54) is 10.9 Å². The second-order valence-electron chi connectivity index (χ2n) is 4.21. The zero-order valence-corrected chi connectivity index (χ0v) is 10.3. The lowest BCUT2D eigenvalue weighted by Gasteiger charge is -2.02. The number of fused-ring (bicyclic) bond motifs is 1.